The minimum atomic E-state index is -3.56. The molecule has 1 aliphatic carbocycles. The number of nitrogens with one attached hydrogen (secondary N) is 1. The van der Waals surface area contributed by atoms with E-state index in [-0.39, 0.29) is 17.2 Å². The molecule has 19 heavy (non-hydrogen) atoms. The molecule has 0 aromatic carbocycles. The van der Waals surface area contributed by atoms with Crippen LogP contribution >= 0.6 is 0 Å². The lowest BCUT2D eigenvalue weighted by atomic mass is 10.3. The molecule has 3 N–H and O–H groups in total. The van der Waals surface area contributed by atoms with Crippen LogP contribution in [0.1, 0.15) is 24.8 Å². The summed E-state index contributed by atoms with van der Waals surface area (Å²) in [6.07, 6.45) is 4.00. The average molecular weight is 285 g/mol. The molecular formula is C12H19N3O3S. The molecule has 0 bridgehead atoms. The number of hydrogen-bond acceptors (Lipinski definition) is 5. The predicted octanol–water partition coefficient (Wildman–Crippen LogP) is 0.386. The fourth-order valence-electron chi connectivity index (χ4n) is 2.23. The Hall–Kier alpha value is -1.02. The summed E-state index contributed by atoms with van der Waals surface area (Å²) in [5.41, 5.74) is 6.26. The summed E-state index contributed by atoms with van der Waals surface area (Å²) in [5.74, 6) is 0. The number of methoxy groups -OCH3 is 1. The summed E-state index contributed by atoms with van der Waals surface area (Å²) in [4.78, 5) is 3.94. The largest absolute Gasteiger partial charge is 0.381 e. The Morgan fingerprint density at radius 3 is 2.79 bits per heavy atom. The predicted molar refractivity (Wildman–Crippen MR) is 70.9 cm³/mol. The number of nitrogens with zero attached hydrogens (tertiary/aromatic N) is 1. The summed E-state index contributed by atoms with van der Waals surface area (Å²) in [6.45, 7) is 0.346. The highest BCUT2D eigenvalue weighted by atomic mass is 32.2. The molecule has 2 rings (SSSR count). The van der Waals surface area contributed by atoms with Gasteiger partial charge in [0, 0.05) is 25.9 Å². The molecule has 106 valence electrons. The van der Waals surface area contributed by atoms with Gasteiger partial charge in [-0.1, -0.05) is 6.07 Å². The van der Waals surface area contributed by atoms with E-state index in [9.17, 15) is 8.42 Å². The SMILES string of the molecule is COC1CCC(NS(=O)(=O)c2ccc(CN)cn2)C1. The summed E-state index contributed by atoms with van der Waals surface area (Å²) in [7, 11) is -1.91. The number of ether oxygens (including phenoxy) is 1. The number of sulfonamides is 1. The molecule has 0 amide bonds. The first-order valence-electron chi connectivity index (χ1n) is 6.25. The van der Waals surface area contributed by atoms with Crippen LogP contribution < -0.4 is 10.5 Å². The van der Waals surface area contributed by atoms with Gasteiger partial charge in [0.1, 0.15) is 0 Å². The summed E-state index contributed by atoms with van der Waals surface area (Å²) in [5, 5.41) is 0.0329. The minimum absolute atomic E-state index is 0.0329. The number of pyridine rings is 1. The number of hydrogen-bond donors (Lipinski definition) is 2. The minimum Gasteiger partial charge on any atom is -0.381 e. The van der Waals surface area contributed by atoms with Crippen molar-refractivity contribution in [2.24, 2.45) is 5.73 Å². The van der Waals surface area contributed by atoms with E-state index in [4.69, 9.17) is 10.5 Å². The van der Waals surface area contributed by atoms with Gasteiger partial charge in [0.15, 0.2) is 5.03 Å². The van der Waals surface area contributed by atoms with Crippen LogP contribution in [0.15, 0.2) is 23.4 Å². The topological polar surface area (TPSA) is 94.3 Å². The molecule has 1 aliphatic rings. The molecular weight excluding hydrogens is 266 g/mol. The maximum atomic E-state index is 12.1. The third-order valence-corrected chi connectivity index (χ3v) is 4.78. The van der Waals surface area contributed by atoms with Gasteiger partial charge in [-0.05, 0) is 30.9 Å². The summed E-state index contributed by atoms with van der Waals surface area (Å²) < 4.78 is 32.2. The average Bonchev–Trinajstić information content (AvgIpc) is 2.85. The van der Waals surface area contributed by atoms with Gasteiger partial charge in [-0.25, -0.2) is 18.1 Å². The van der Waals surface area contributed by atoms with Crippen LogP contribution in [0.3, 0.4) is 0 Å². The Labute approximate surface area is 113 Å². The van der Waals surface area contributed by atoms with E-state index >= 15 is 0 Å². The zero-order chi connectivity index (χ0) is 13.9. The Morgan fingerprint density at radius 1 is 1.47 bits per heavy atom. The fourth-order valence-corrected chi connectivity index (χ4v) is 3.44. The Balaban J connectivity index is 2.05. The quantitative estimate of drug-likeness (QED) is 0.816. The van der Waals surface area contributed by atoms with Crippen LogP contribution in [0.2, 0.25) is 0 Å². The lowest BCUT2D eigenvalue weighted by molar-refractivity contribution is 0.107. The lowest BCUT2D eigenvalue weighted by Gasteiger charge is -2.13. The van der Waals surface area contributed by atoms with Crippen molar-refractivity contribution in [3.63, 3.8) is 0 Å². The van der Waals surface area contributed by atoms with Crippen molar-refractivity contribution in [1.82, 2.24) is 9.71 Å². The molecule has 6 nitrogen and oxygen atoms in total. The summed E-state index contributed by atoms with van der Waals surface area (Å²) >= 11 is 0. The van der Waals surface area contributed by atoms with E-state index in [1.54, 1.807) is 13.2 Å². The molecule has 0 spiro atoms. The van der Waals surface area contributed by atoms with Crippen LogP contribution in [-0.2, 0) is 21.3 Å². The van der Waals surface area contributed by atoms with E-state index in [1.165, 1.54) is 12.3 Å². The molecule has 1 aromatic rings. The molecule has 7 heteroatoms. The third kappa shape index (κ3) is 3.50. The second-order valence-corrected chi connectivity index (χ2v) is 6.36. The Morgan fingerprint density at radius 2 is 2.26 bits per heavy atom. The van der Waals surface area contributed by atoms with Gasteiger partial charge in [-0.3, -0.25) is 0 Å². The van der Waals surface area contributed by atoms with Crippen LogP contribution in [0.25, 0.3) is 0 Å². The standard InChI is InChI=1S/C12H19N3O3S/c1-18-11-4-3-10(6-11)15-19(16,17)12-5-2-9(7-13)8-14-12/h2,5,8,10-11,15H,3-4,6-7,13H2,1H3. The maximum absolute atomic E-state index is 12.1. The van der Waals surface area contributed by atoms with Crippen LogP contribution in [-0.4, -0.2) is 32.7 Å². The van der Waals surface area contributed by atoms with E-state index in [1.807, 2.05) is 0 Å². The van der Waals surface area contributed by atoms with Gasteiger partial charge >= 0.3 is 0 Å². The van der Waals surface area contributed by atoms with Crippen LogP contribution in [0.5, 0.6) is 0 Å². The Bertz CT molecular complexity index is 516. The van der Waals surface area contributed by atoms with Crippen molar-refractivity contribution in [2.75, 3.05) is 7.11 Å². The van der Waals surface area contributed by atoms with Gasteiger partial charge in [-0.15, -0.1) is 0 Å². The normalized spacial score (nSPS) is 23.7. The Kier molecular flexibility index (Phi) is 4.51. The smallest absolute Gasteiger partial charge is 0.258 e. The second kappa shape index (κ2) is 5.96. The first-order valence-corrected chi connectivity index (χ1v) is 7.73. The summed E-state index contributed by atoms with van der Waals surface area (Å²) in [6, 6.07) is 3.08. The van der Waals surface area contributed by atoms with E-state index in [2.05, 4.69) is 9.71 Å². The monoisotopic (exact) mass is 285 g/mol. The molecule has 1 saturated carbocycles. The lowest BCUT2D eigenvalue weighted by Crippen LogP contribution is -2.33. The molecule has 2 atom stereocenters. The van der Waals surface area contributed by atoms with Crippen LogP contribution in [0, 0.1) is 0 Å². The van der Waals surface area contributed by atoms with Gasteiger partial charge in [0.05, 0.1) is 6.10 Å². The van der Waals surface area contributed by atoms with Crippen molar-refractivity contribution in [3.8, 4) is 0 Å². The number of aromatic nitrogens is 1. The molecule has 1 fully saturated rings. The van der Waals surface area contributed by atoms with Crippen LogP contribution in [0.4, 0.5) is 0 Å². The highest BCUT2D eigenvalue weighted by molar-refractivity contribution is 7.89. The highest BCUT2D eigenvalue weighted by Crippen LogP contribution is 2.22. The second-order valence-electron chi connectivity index (χ2n) is 4.70. The molecule has 1 heterocycles. The molecule has 0 aliphatic heterocycles. The highest BCUT2D eigenvalue weighted by Gasteiger charge is 2.29. The third-order valence-electron chi connectivity index (χ3n) is 3.35. The van der Waals surface area contributed by atoms with E-state index in [0.717, 1.165) is 18.4 Å². The zero-order valence-corrected chi connectivity index (χ0v) is 11.7. The van der Waals surface area contributed by atoms with Crippen molar-refractivity contribution in [3.05, 3.63) is 23.9 Å². The molecule has 0 radical (unpaired) electrons. The van der Waals surface area contributed by atoms with Crippen molar-refractivity contribution in [1.29, 1.82) is 0 Å². The van der Waals surface area contributed by atoms with Gasteiger partial charge in [0.2, 0.25) is 0 Å². The van der Waals surface area contributed by atoms with Gasteiger partial charge < -0.3 is 10.5 Å². The van der Waals surface area contributed by atoms with Crippen molar-refractivity contribution < 1.29 is 13.2 Å². The maximum Gasteiger partial charge on any atom is 0.258 e. The van der Waals surface area contributed by atoms with Crippen molar-refractivity contribution in [2.45, 2.75) is 43.0 Å². The number of rotatable bonds is 5. The van der Waals surface area contributed by atoms with Gasteiger partial charge in [0.25, 0.3) is 10.0 Å². The zero-order valence-electron chi connectivity index (χ0n) is 10.9. The van der Waals surface area contributed by atoms with E-state index in [0.29, 0.717) is 13.0 Å². The first kappa shape index (κ1) is 14.4. The van der Waals surface area contributed by atoms with Crippen molar-refractivity contribution >= 4 is 10.0 Å². The fraction of sp³-hybridized carbons (Fsp3) is 0.583. The molecule has 2 unspecified atom stereocenters. The first-order chi connectivity index (χ1) is 9.05. The molecule has 0 saturated heterocycles. The van der Waals surface area contributed by atoms with Gasteiger partial charge in [-0.2, -0.15) is 0 Å². The number of nitrogens with two attached hydrogens (primary N) is 1. The molecule has 1 aromatic heterocycles. The van der Waals surface area contributed by atoms with E-state index < -0.39 is 10.0 Å².